The van der Waals surface area contributed by atoms with Crippen molar-refractivity contribution in [2.45, 2.75) is 12.8 Å². The van der Waals surface area contributed by atoms with E-state index < -0.39 is 27.9 Å². The third-order valence-electron chi connectivity index (χ3n) is 2.72. The first kappa shape index (κ1) is 14.7. The Bertz CT molecular complexity index is 422. The number of sulfonamides is 1. The van der Waals surface area contributed by atoms with Crippen LogP contribution in [0.25, 0.3) is 0 Å². The van der Waals surface area contributed by atoms with E-state index in [0.717, 1.165) is 0 Å². The van der Waals surface area contributed by atoms with Gasteiger partial charge in [-0.05, 0) is 12.8 Å². The largest absolute Gasteiger partial charge is 0.481 e. The number of hydrogen-bond donors (Lipinski definition) is 3. The summed E-state index contributed by atoms with van der Waals surface area (Å²) in [5.41, 5.74) is 0. The zero-order valence-corrected chi connectivity index (χ0v) is 10.6. The molecular formula is C9H17N3O5S. The van der Waals surface area contributed by atoms with Crippen molar-refractivity contribution in [1.82, 2.24) is 10.2 Å². The van der Waals surface area contributed by atoms with Gasteiger partial charge in [-0.2, -0.15) is 0 Å². The number of hydrogen-bond acceptors (Lipinski definition) is 4. The molecular weight excluding hydrogens is 262 g/mol. The van der Waals surface area contributed by atoms with Crippen molar-refractivity contribution in [3.8, 4) is 0 Å². The van der Waals surface area contributed by atoms with Gasteiger partial charge in [0.1, 0.15) is 0 Å². The number of rotatable bonds is 4. The zero-order chi connectivity index (χ0) is 13.8. The number of primary sulfonamides is 1. The lowest BCUT2D eigenvalue weighted by atomic mass is 9.99. The van der Waals surface area contributed by atoms with Gasteiger partial charge in [0, 0.05) is 19.6 Å². The van der Waals surface area contributed by atoms with Gasteiger partial charge in [-0.15, -0.1) is 0 Å². The molecule has 8 nitrogen and oxygen atoms in total. The van der Waals surface area contributed by atoms with Gasteiger partial charge >= 0.3 is 12.0 Å². The number of piperidine rings is 1. The molecule has 104 valence electrons. The number of carboxylic acids is 1. The first-order valence-corrected chi connectivity index (χ1v) is 7.27. The molecule has 9 heteroatoms. The van der Waals surface area contributed by atoms with Crippen LogP contribution in [0.1, 0.15) is 12.8 Å². The van der Waals surface area contributed by atoms with Gasteiger partial charge in [0.2, 0.25) is 10.0 Å². The Morgan fingerprint density at radius 3 is 2.67 bits per heavy atom. The lowest BCUT2D eigenvalue weighted by Gasteiger charge is -2.30. The molecule has 0 aliphatic carbocycles. The molecule has 0 spiro atoms. The van der Waals surface area contributed by atoms with Crippen LogP contribution in [-0.4, -0.2) is 55.8 Å². The monoisotopic (exact) mass is 279 g/mol. The molecule has 1 heterocycles. The molecule has 0 aromatic rings. The van der Waals surface area contributed by atoms with E-state index in [2.05, 4.69) is 5.32 Å². The van der Waals surface area contributed by atoms with E-state index in [1.54, 1.807) is 0 Å². The number of amides is 2. The van der Waals surface area contributed by atoms with Crippen molar-refractivity contribution in [1.29, 1.82) is 0 Å². The predicted molar refractivity (Wildman–Crippen MR) is 63.3 cm³/mol. The molecule has 1 saturated heterocycles. The van der Waals surface area contributed by atoms with E-state index in [-0.39, 0.29) is 18.8 Å². The van der Waals surface area contributed by atoms with Crippen LogP contribution in [0.2, 0.25) is 0 Å². The summed E-state index contributed by atoms with van der Waals surface area (Å²) in [4.78, 5) is 23.8. The normalized spacial score (nSPS) is 20.5. The lowest BCUT2D eigenvalue weighted by molar-refractivity contribution is -0.143. The molecule has 0 aromatic carbocycles. The number of likely N-dealkylation sites (tertiary alicyclic amines) is 1. The number of nitrogens with zero attached hydrogens (tertiary/aromatic N) is 1. The molecule has 1 fully saturated rings. The fourth-order valence-corrected chi connectivity index (χ4v) is 2.16. The minimum Gasteiger partial charge on any atom is -0.481 e. The van der Waals surface area contributed by atoms with Crippen LogP contribution in [0.5, 0.6) is 0 Å². The number of carbonyl (C=O) groups excluding carboxylic acids is 1. The van der Waals surface area contributed by atoms with E-state index in [4.69, 9.17) is 10.2 Å². The number of nitrogens with one attached hydrogen (secondary N) is 1. The smallest absolute Gasteiger partial charge is 0.317 e. The molecule has 4 N–H and O–H groups in total. The summed E-state index contributed by atoms with van der Waals surface area (Å²) < 4.78 is 21.3. The van der Waals surface area contributed by atoms with E-state index >= 15 is 0 Å². The Kier molecular flexibility index (Phi) is 4.91. The van der Waals surface area contributed by atoms with Crippen molar-refractivity contribution >= 4 is 22.0 Å². The van der Waals surface area contributed by atoms with E-state index in [0.29, 0.717) is 19.4 Å². The summed E-state index contributed by atoms with van der Waals surface area (Å²) in [6.45, 7) is 0.549. The SMILES string of the molecule is NS(=O)(=O)CCNC(=O)N1CCC[C@H](C(=O)O)C1. The summed E-state index contributed by atoms with van der Waals surface area (Å²) in [5, 5.41) is 16.1. The third kappa shape index (κ3) is 4.88. The molecule has 1 aliphatic rings. The Labute approximate surface area is 105 Å². The van der Waals surface area contributed by atoms with E-state index in [1.165, 1.54) is 4.90 Å². The molecule has 18 heavy (non-hydrogen) atoms. The van der Waals surface area contributed by atoms with Crippen molar-refractivity contribution in [3.63, 3.8) is 0 Å². The van der Waals surface area contributed by atoms with Gasteiger partial charge < -0.3 is 15.3 Å². The molecule has 1 atom stereocenters. The minimum absolute atomic E-state index is 0.0775. The van der Waals surface area contributed by atoms with Crippen molar-refractivity contribution in [3.05, 3.63) is 0 Å². The Morgan fingerprint density at radius 1 is 1.44 bits per heavy atom. The van der Waals surface area contributed by atoms with Crippen LogP contribution in [0.3, 0.4) is 0 Å². The van der Waals surface area contributed by atoms with Crippen LogP contribution in [0.4, 0.5) is 4.79 Å². The van der Waals surface area contributed by atoms with Gasteiger partial charge in [-0.1, -0.05) is 0 Å². The van der Waals surface area contributed by atoms with E-state index in [1.807, 2.05) is 0 Å². The second kappa shape index (κ2) is 6.01. The summed E-state index contributed by atoms with van der Waals surface area (Å²) in [6, 6.07) is -0.454. The summed E-state index contributed by atoms with van der Waals surface area (Å²) >= 11 is 0. The highest BCUT2D eigenvalue weighted by molar-refractivity contribution is 7.89. The van der Waals surface area contributed by atoms with Crippen LogP contribution in [-0.2, 0) is 14.8 Å². The average molecular weight is 279 g/mol. The Balaban J connectivity index is 2.39. The van der Waals surface area contributed by atoms with Gasteiger partial charge in [0.15, 0.2) is 0 Å². The van der Waals surface area contributed by atoms with E-state index in [9.17, 15) is 18.0 Å². The molecule has 1 aliphatic heterocycles. The maximum absolute atomic E-state index is 11.6. The van der Waals surface area contributed by atoms with Crippen molar-refractivity contribution < 1.29 is 23.1 Å². The molecule has 0 unspecified atom stereocenters. The van der Waals surface area contributed by atoms with Crippen LogP contribution in [0.15, 0.2) is 0 Å². The topological polar surface area (TPSA) is 130 Å². The minimum atomic E-state index is -3.60. The maximum atomic E-state index is 11.6. The fraction of sp³-hybridized carbons (Fsp3) is 0.778. The second-order valence-corrected chi connectivity index (χ2v) is 5.96. The summed E-state index contributed by atoms with van der Waals surface area (Å²) in [6.07, 6.45) is 1.18. The van der Waals surface area contributed by atoms with Crippen LogP contribution >= 0.6 is 0 Å². The van der Waals surface area contributed by atoms with Crippen LogP contribution < -0.4 is 10.5 Å². The summed E-state index contributed by atoms with van der Waals surface area (Å²) in [7, 11) is -3.60. The number of nitrogens with two attached hydrogens (primary N) is 1. The zero-order valence-electron chi connectivity index (χ0n) is 9.83. The van der Waals surface area contributed by atoms with Crippen molar-refractivity contribution in [2.75, 3.05) is 25.4 Å². The second-order valence-electron chi connectivity index (χ2n) is 4.22. The molecule has 0 radical (unpaired) electrons. The molecule has 2 amide bonds. The number of carbonyl (C=O) groups is 2. The first-order valence-electron chi connectivity index (χ1n) is 5.55. The van der Waals surface area contributed by atoms with Crippen LogP contribution in [0, 0.1) is 5.92 Å². The standard InChI is InChI=1S/C9H17N3O5S/c10-18(16,17)5-3-11-9(15)12-4-1-2-7(6-12)8(13)14/h7H,1-6H2,(H,11,15)(H,13,14)(H2,10,16,17)/t7-/m0/s1. The summed E-state index contributed by atoms with van der Waals surface area (Å²) in [5.74, 6) is -1.81. The Morgan fingerprint density at radius 2 is 2.11 bits per heavy atom. The highest BCUT2D eigenvalue weighted by Gasteiger charge is 2.27. The Hall–Kier alpha value is -1.35. The molecule has 0 bridgehead atoms. The first-order chi connectivity index (χ1) is 8.29. The van der Waals surface area contributed by atoms with Gasteiger partial charge in [0.25, 0.3) is 0 Å². The molecule has 1 rings (SSSR count). The van der Waals surface area contributed by atoms with Gasteiger partial charge in [-0.25, -0.2) is 18.4 Å². The third-order valence-corrected chi connectivity index (χ3v) is 3.49. The predicted octanol–water partition coefficient (Wildman–Crippen LogP) is -1.22. The lowest BCUT2D eigenvalue weighted by Crippen LogP contribution is -2.48. The number of carboxylic acid groups (broad SMARTS) is 1. The fourth-order valence-electron chi connectivity index (χ4n) is 1.78. The highest BCUT2D eigenvalue weighted by atomic mass is 32.2. The highest BCUT2D eigenvalue weighted by Crippen LogP contribution is 2.16. The van der Waals surface area contributed by atoms with Gasteiger partial charge in [-0.3, -0.25) is 4.79 Å². The maximum Gasteiger partial charge on any atom is 0.317 e. The van der Waals surface area contributed by atoms with Crippen molar-refractivity contribution in [2.24, 2.45) is 11.1 Å². The average Bonchev–Trinajstić information content (AvgIpc) is 2.27. The molecule has 0 saturated carbocycles. The molecule has 0 aromatic heterocycles. The number of aliphatic carboxylic acids is 1. The van der Waals surface area contributed by atoms with Gasteiger partial charge in [0.05, 0.1) is 11.7 Å². The number of urea groups is 1. The quantitative estimate of drug-likeness (QED) is 0.594.